The van der Waals surface area contributed by atoms with E-state index in [1.54, 1.807) is 37.4 Å². The Morgan fingerprint density at radius 3 is 2.64 bits per heavy atom. The number of aromatic amines is 1. The van der Waals surface area contributed by atoms with Gasteiger partial charge in [-0.25, -0.2) is 4.39 Å². The van der Waals surface area contributed by atoms with Crippen LogP contribution in [-0.4, -0.2) is 18.1 Å². The fourth-order valence-electron chi connectivity index (χ4n) is 4.77. The summed E-state index contributed by atoms with van der Waals surface area (Å²) >= 11 is 0. The summed E-state index contributed by atoms with van der Waals surface area (Å²) in [7, 11) is 1.55. The highest BCUT2D eigenvalue weighted by atomic mass is 19.1. The zero-order chi connectivity index (χ0) is 25.0. The van der Waals surface area contributed by atoms with E-state index in [1.807, 2.05) is 0 Å². The number of rotatable bonds is 3. The van der Waals surface area contributed by atoms with E-state index in [4.69, 9.17) is 13.9 Å². The molecule has 0 aliphatic carbocycles. The Morgan fingerprint density at radius 2 is 1.83 bits per heavy atom. The molecule has 2 aromatic heterocycles. The van der Waals surface area contributed by atoms with Gasteiger partial charge in [0.1, 0.15) is 29.2 Å². The molecule has 0 amide bonds. The van der Waals surface area contributed by atoms with E-state index in [1.165, 1.54) is 36.6 Å². The van der Waals surface area contributed by atoms with Gasteiger partial charge in [-0.3, -0.25) is 14.4 Å². The maximum absolute atomic E-state index is 14.4. The molecule has 3 heterocycles. The van der Waals surface area contributed by atoms with Crippen molar-refractivity contribution in [3.8, 4) is 22.6 Å². The molecule has 5 aromatic rings. The first-order valence-corrected chi connectivity index (χ1v) is 11.2. The average Bonchev–Trinajstić information content (AvgIpc) is 2.88. The summed E-state index contributed by atoms with van der Waals surface area (Å²) in [5.41, 5.74) is 0.910. The number of benzene rings is 3. The summed E-state index contributed by atoms with van der Waals surface area (Å²) in [5.74, 6) is -0.974. The molecule has 178 valence electrons. The zero-order valence-electron chi connectivity index (χ0n) is 19.0. The summed E-state index contributed by atoms with van der Waals surface area (Å²) in [6.07, 6.45) is 1.08. The molecular weight excluding hydrogens is 465 g/mol. The van der Waals surface area contributed by atoms with Gasteiger partial charge in [0.15, 0.2) is 0 Å². The number of hydrogen-bond donors (Lipinski definition) is 1. The van der Waals surface area contributed by atoms with Crippen LogP contribution in [0.5, 0.6) is 11.5 Å². The molecule has 8 heteroatoms. The van der Waals surface area contributed by atoms with Gasteiger partial charge in [-0.1, -0.05) is 18.2 Å². The Bertz CT molecular complexity index is 1820. The predicted molar refractivity (Wildman–Crippen MR) is 131 cm³/mol. The monoisotopic (exact) mass is 483 g/mol. The van der Waals surface area contributed by atoms with Crippen LogP contribution in [0.3, 0.4) is 0 Å². The van der Waals surface area contributed by atoms with Crippen molar-refractivity contribution in [3.63, 3.8) is 0 Å². The maximum atomic E-state index is 14.4. The number of fused-ring (bicyclic) bond motifs is 4. The summed E-state index contributed by atoms with van der Waals surface area (Å²) in [6.45, 7) is 0. The molecule has 0 spiro atoms. The fraction of sp³-hybridized carbons (Fsp3) is 0.107. The van der Waals surface area contributed by atoms with Crippen LogP contribution in [0.25, 0.3) is 33.0 Å². The highest BCUT2D eigenvalue weighted by Gasteiger charge is 2.34. The van der Waals surface area contributed by atoms with Gasteiger partial charge in [-0.2, -0.15) is 0 Å². The number of carbonyl (C=O) groups excluding carboxylic acids is 1. The fourth-order valence-corrected chi connectivity index (χ4v) is 4.77. The van der Waals surface area contributed by atoms with E-state index >= 15 is 0 Å². The number of nitrogens with one attached hydrogen (secondary N) is 1. The first-order valence-electron chi connectivity index (χ1n) is 11.2. The Morgan fingerprint density at radius 1 is 1.00 bits per heavy atom. The molecule has 0 fully saturated rings. The lowest BCUT2D eigenvalue weighted by molar-refractivity contribution is -0.135. The summed E-state index contributed by atoms with van der Waals surface area (Å²) < 4.78 is 31.0. The number of esters is 1. The molecule has 0 bridgehead atoms. The third-order valence-corrected chi connectivity index (χ3v) is 6.50. The van der Waals surface area contributed by atoms with Gasteiger partial charge >= 0.3 is 5.97 Å². The summed E-state index contributed by atoms with van der Waals surface area (Å²) in [4.78, 5) is 41.8. The molecule has 0 saturated carbocycles. The molecular formula is C28H18FNO6. The van der Waals surface area contributed by atoms with E-state index in [0.29, 0.717) is 27.8 Å². The second-order valence-electron chi connectivity index (χ2n) is 8.55. The molecule has 36 heavy (non-hydrogen) atoms. The lowest BCUT2D eigenvalue weighted by Crippen LogP contribution is -2.26. The molecule has 1 aliphatic heterocycles. The van der Waals surface area contributed by atoms with E-state index in [9.17, 15) is 18.8 Å². The van der Waals surface area contributed by atoms with Crippen LogP contribution in [0, 0.1) is 5.82 Å². The number of methoxy groups -OCH3 is 1. The van der Waals surface area contributed by atoms with Crippen LogP contribution >= 0.6 is 0 Å². The van der Waals surface area contributed by atoms with Crippen LogP contribution in [0.15, 0.2) is 80.9 Å². The summed E-state index contributed by atoms with van der Waals surface area (Å²) in [5, 5.41) is 0.907. The van der Waals surface area contributed by atoms with Gasteiger partial charge in [0, 0.05) is 33.5 Å². The van der Waals surface area contributed by atoms with E-state index in [0.717, 1.165) is 0 Å². The quantitative estimate of drug-likeness (QED) is 0.290. The third kappa shape index (κ3) is 3.38. The van der Waals surface area contributed by atoms with E-state index < -0.39 is 23.1 Å². The SMILES string of the molecule is COc1ccc2[nH]c(=O)c(C3CC(=O)Oc4ccc5c(=O)c(-c6ccccc6F)coc5c43)cc2c1. The normalized spacial score (nSPS) is 15.1. The lowest BCUT2D eigenvalue weighted by atomic mass is 9.85. The average molecular weight is 483 g/mol. The highest BCUT2D eigenvalue weighted by molar-refractivity contribution is 5.90. The highest BCUT2D eigenvalue weighted by Crippen LogP contribution is 2.42. The molecule has 7 nitrogen and oxygen atoms in total. The van der Waals surface area contributed by atoms with Crippen molar-refractivity contribution >= 4 is 27.8 Å². The van der Waals surface area contributed by atoms with Crippen molar-refractivity contribution in [2.75, 3.05) is 7.11 Å². The van der Waals surface area contributed by atoms with Gasteiger partial charge in [0.2, 0.25) is 5.43 Å². The number of H-pyrrole nitrogens is 1. The number of ether oxygens (including phenoxy) is 2. The van der Waals surface area contributed by atoms with Gasteiger partial charge in [-0.15, -0.1) is 0 Å². The molecule has 0 saturated heterocycles. The number of halogens is 1. The van der Waals surface area contributed by atoms with Gasteiger partial charge in [-0.05, 0) is 42.5 Å². The van der Waals surface area contributed by atoms with Crippen LogP contribution in [0.4, 0.5) is 4.39 Å². The molecule has 6 rings (SSSR count). The topological polar surface area (TPSA) is 98.6 Å². The number of pyridine rings is 1. The van der Waals surface area contributed by atoms with Crippen LogP contribution in [0.1, 0.15) is 23.5 Å². The van der Waals surface area contributed by atoms with Crippen molar-refractivity contribution in [3.05, 3.63) is 104 Å². The van der Waals surface area contributed by atoms with Crippen LogP contribution < -0.4 is 20.5 Å². The van der Waals surface area contributed by atoms with Crippen LogP contribution in [0.2, 0.25) is 0 Å². The van der Waals surface area contributed by atoms with Crippen molar-refractivity contribution in [2.45, 2.75) is 12.3 Å². The lowest BCUT2D eigenvalue weighted by Gasteiger charge is -2.25. The second-order valence-corrected chi connectivity index (χ2v) is 8.55. The van der Waals surface area contributed by atoms with Crippen molar-refractivity contribution in [1.29, 1.82) is 0 Å². The van der Waals surface area contributed by atoms with Crippen molar-refractivity contribution in [1.82, 2.24) is 4.98 Å². The minimum absolute atomic E-state index is 0.0700. The molecule has 3 aromatic carbocycles. The molecule has 1 aliphatic rings. The third-order valence-electron chi connectivity index (χ3n) is 6.50. The number of aromatic nitrogens is 1. The van der Waals surface area contributed by atoms with Gasteiger partial charge in [0.25, 0.3) is 5.56 Å². The first-order chi connectivity index (χ1) is 17.4. The Labute approximate surface area is 202 Å². The molecule has 1 atom stereocenters. The van der Waals surface area contributed by atoms with Gasteiger partial charge < -0.3 is 18.9 Å². The number of hydrogen-bond acceptors (Lipinski definition) is 6. The smallest absolute Gasteiger partial charge is 0.312 e. The maximum Gasteiger partial charge on any atom is 0.312 e. The first kappa shape index (κ1) is 21.8. The summed E-state index contributed by atoms with van der Waals surface area (Å²) in [6, 6.07) is 15.9. The number of carbonyl (C=O) groups is 1. The van der Waals surface area contributed by atoms with Crippen LogP contribution in [-0.2, 0) is 4.79 Å². The van der Waals surface area contributed by atoms with E-state index in [2.05, 4.69) is 4.98 Å². The molecule has 0 radical (unpaired) electrons. The Hall–Kier alpha value is -4.72. The van der Waals surface area contributed by atoms with E-state index in [-0.39, 0.29) is 39.8 Å². The Balaban J connectivity index is 1.59. The Kier molecular flexibility index (Phi) is 4.96. The minimum atomic E-state index is -0.730. The van der Waals surface area contributed by atoms with Crippen molar-refractivity contribution < 1.29 is 23.1 Å². The molecule has 1 unspecified atom stereocenters. The molecule has 1 N–H and O–H groups in total. The predicted octanol–water partition coefficient (Wildman–Crippen LogP) is 4.89. The largest absolute Gasteiger partial charge is 0.497 e. The minimum Gasteiger partial charge on any atom is -0.497 e. The standard InChI is InChI=1S/C28H18FNO6/c1-34-15-6-8-22-14(10-15)11-19(28(33)30-22)18-12-24(31)36-23-9-7-17-26(32)20(13-35-27(17)25(18)23)16-4-2-3-5-21(16)29/h2-11,13,18H,12H2,1H3,(H,30,33). The zero-order valence-corrected chi connectivity index (χ0v) is 19.0. The second kappa shape index (κ2) is 8.20. The van der Waals surface area contributed by atoms with Gasteiger partial charge in [0.05, 0.1) is 24.5 Å². The van der Waals surface area contributed by atoms with Crippen molar-refractivity contribution in [2.24, 2.45) is 0 Å².